The van der Waals surface area contributed by atoms with Crippen LogP contribution in [-0.2, 0) is 26.2 Å². The van der Waals surface area contributed by atoms with Gasteiger partial charge in [0.2, 0.25) is 11.8 Å². The van der Waals surface area contributed by atoms with Crippen LogP contribution in [0.3, 0.4) is 0 Å². The SMILES string of the molecule is Cc1ccc(S(=O)(=O)N(CC(=O)N(Cc2ccc(Cl)cc2)C(C)C(=O)NCC(C)C)c2cccc(Cl)c2C)cc1. The van der Waals surface area contributed by atoms with E-state index in [4.69, 9.17) is 23.2 Å². The Hall–Kier alpha value is -3.07. The third-order valence-electron chi connectivity index (χ3n) is 6.51. The number of rotatable bonds is 11. The molecule has 0 bridgehead atoms. The summed E-state index contributed by atoms with van der Waals surface area (Å²) >= 11 is 12.4. The van der Waals surface area contributed by atoms with Crippen molar-refractivity contribution in [2.45, 2.75) is 52.1 Å². The highest BCUT2D eigenvalue weighted by Gasteiger charge is 2.33. The Morgan fingerprint density at radius 1 is 0.900 bits per heavy atom. The number of nitrogens with one attached hydrogen (secondary N) is 1. The van der Waals surface area contributed by atoms with Crippen LogP contribution in [0.4, 0.5) is 5.69 Å². The van der Waals surface area contributed by atoms with Crippen molar-refractivity contribution in [3.05, 3.63) is 93.5 Å². The molecule has 0 heterocycles. The Balaban J connectivity index is 2.05. The molecule has 0 aliphatic rings. The van der Waals surface area contributed by atoms with E-state index in [1.165, 1.54) is 17.0 Å². The van der Waals surface area contributed by atoms with E-state index in [9.17, 15) is 18.0 Å². The van der Waals surface area contributed by atoms with Crippen molar-refractivity contribution in [2.24, 2.45) is 5.92 Å². The quantitative estimate of drug-likeness (QED) is 0.291. The molecule has 0 aliphatic carbocycles. The van der Waals surface area contributed by atoms with Gasteiger partial charge in [0.15, 0.2) is 0 Å². The normalized spacial score (nSPS) is 12.2. The molecule has 3 aromatic carbocycles. The monoisotopic (exact) mass is 603 g/mol. The number of aryl methyl sites for hydroxylation is 1. The summed E-state index contributed by atoms with van der Waals surface area (Å²) < 4.78 is 29.0. The summed E-state index contributed by atoms with van der Waals surface area (Å²) in [4.78, 5) is 28.5. The minimum absolute atomic E-state index is 0.0391. The number of halogens is 2. The van der Waals surface area contributed by atoms with Crippen molar-refractivity contribution < 1.29 is 18.0 Å². The number of sulfonamides is 1. The van der Waals surface area contributed by atoms with Crippen molar-refractivity contribution in [1.82, 2.24) is 10.2 Å². The summed E-state index contributed by atoms with van der Waals surface area (Å²) in [5, 5.41) is 3.78. The van der Waals surface area contributed by atoms with Crippen LogP contribution in [0.25, 0.3) is 0 Å². The maximum atomic E-state index is 14.0. The second-order valence-corrected chi connectivity index (χ2v) is 12.9. The Morgan fingerprint density at radius 2 is 1.52 bits per heavy atom. The number of benzene rings is 3. The number of nitrogens with zero attached hydrogens (tertiary/aromatic N) is 2. The van der Waals surface area contributed by atoms with Crippen molar-refractivity contribution >= 4 is 50.7 Å². The molecule has 0 aliphatic heterocycles. The average Bonchev–Trinajstić information content (AvgIpc) is 2.91. The van der Waals surface area contributed by atoms with Crippen molar-refractivity contribution in [3.63, 3.8) is 0 Å². The van der Waals surface area contributed by atoms with Crippen molar-refractivity contribution in [2.75, 3.05) is 17.4 Å². The largest absolute Gasteiger partial charge is 0.354 e. The molecule has 214 valence electrons. The summed E-state index contributed by atoms with van der Waals surface area (Å²) in [6, 6.07) is 17.4. The molecule has 1 unspecified atom stereocenters. The Labute approximate surface area is 247 Å². The summed E-state index contributed by atoms with van der Waals surface area (Å²) in [5.41, 5.74) is 2.44. The Kier molecular flexibility index (Phi) is 10.6. The van der Waals surface area contributed by atoms with E-state index in [-0.39, 0.29) is 29.0 Å². The number of carbonyl (C=O) groups is 2. The second kappa shape index (κ2) is 13.5. The highest BCUT2D eigenvalue weighted by atomic mass is 35.5. The maximum Gasteiger partial charge on any atom is 0.264 e. The van der Waals surface area contributed by atoms with Crippen LogP contribution >= 0.6 is 23.2 Å². The molecule has 7 nitrogen and oxygen atoms in total. The topological polar surface area (TPSA) is 86.8 Å². The zero-order chi connectivity index (χ0) is 29.6. The lowest BCUT2D eigenvalue weighted by molar-refractivity contribution is -0.139. The molecule has 2 amide bonds. The highest BCUT2D eigenvalue weighted by Crippen LogP contribution is 2.31. The summed E-state index contributed by atoms with van der Waals surface area (Å²) in [6.07, 6.45) is 0. The van der Waals surface area contributed by atoms with Gasteiger partial charge in [-0.1, -0.05) is 72.9 Å². The lowest BCUT2D eigenvalue weighted by Gasteiger charge is -2.32. The number of amides is 2. The van der Waals surface area contributed by atoms with Crippen LogP contribution in [0.2, 0.25) is 10.0 Å². The Morgan fingerprint density at radius 3 is 2.12 bits per heavy atom. The first-order chi connectivity index (χ1) is 18.8. The molecule has 10 heteroatoms. The molecule has 3 aromatic rings. The van der Waals surface area contributed by atoms with Gasteiger partial charge in [0, 0.05) is 23.1 Å². The van der Waals surface area contributed by atoms with E-state index in [1.54, 1.807) is 68.4 Å². The molecule has 1 N–H and O–H groups in total. The number of hydrogen-bond donors (Lipinski definition) is 1. The van der Waals surface area contributed by atoms with E-state index in [0.29, 0.717) is 22.2 Å². The molecule has 1 atom stereocenters. The first-order valence-corrected chi connectivity index (χ1v) is 15.2. The van der Waals surface area contributed by atoms with Gasteiger partial charge >= 0.3 is 0 Å². The zero-order valence-electron chi connectivity index (χ0n) is 23.3. The van der Waals surface area contributed by atoms with E-state index >= 15 is 0 Å². The summed E-state index contributed by atoms with van der Waals surface area (Å²) in [6.45, 7) is 9.14. The van der Waals surface area contributed by atoms with Crippen LogP contribution in [0.15, 0.2) is 71.6 Å². The van der Waals surface area contributed by atoms with E-state index in [0.717, 1.165) is 15.4 Å². The van der Waals surface area contributed by atoms with E-state index in [2.05, 4.69) is 5.32 Å². The van der Waals surface area contributed by atoms with Gasteiger partial charge in [0.1, 0.15) is 12.6 Å². The fourth-order valence-corrected chi connectivity index (χ4v) is 5.81. The molecule has 3 rings (SSSR count). The van der Waals surface area contributed by atoms with Gasteiger partial charge in [-0.2, -0.15) is 0 Å². The maximum absolute atomic E-state index is 14.0. The standard InChI is InChI=1S/C30H35Cl2N3O4S/c1-20(2)17-33-30(37)23(5)34(18-24-11-13-25(31)14-12-24)29(36)19-35(28-8-6-7-27(32)22(28)4)40(38,39)26-15-9-21(3)10-16-26/h6-16,20,23H,17-19H2,1-5H3,(H,33,37). The molecule has 0 saturated carbocycles. The predicted octanol–water partition coefficient (Wildman–Crippen LogP) is 6.00. The molecule has 0 spiro atoms. The molecule has 0 aromatic heterocycles. The molecule has 0 radical (unpaired) electrons. The zero-order valence-corrected chi connectivity index (χ0v) is 25.6. The molecular weight excluding hydrogens is 569 g/mol. The third-order valence-corrected chi connectivity index (χ3v) is 8.95. The molecule has 0 saturated heterocycles. The Bertz CT molecular complexity index is 1440. The van der Waals surface area contributed by atoms with Crippen LogP contribution in [0.5, 0.6) is 0 Å². The first-order valence-electron chi connectivity index (χ1n) is 13.0. The average molecular weight is 605 g/mol. The smallest absolute Gasteiger partial charge is 0.264 e. The van der Waals surface area contributed by atoms with Crippen LogP contribution < -0.4 is 9.62 Å². The van der Waals surface area contributed by atoms with Gasteiger partial charge < -0.3 is 10.2 Å². The van der Waals surface area contributed by atoms with Crippen molar-refractivity contribution in [1.29, 1.82) is 0 Å². The molecular formula is C30H35Cl2N3O4S. The number of anilines is 1. The van der Waals surface area contributed by atoms with E-state index in [1.807, 2.05) is 20.8 Å². The fraction of sp³-hybridized carbons (Fsp3) is 0.333. The van der Waals surface area contributed by atoms with Gasteiger partial charge in [0.05, 0.1) is 10.6 Å². The lowest BCUT2D eigenvalue weighted by atomic mass is 10.1. The number of hydrogen-bond acceptors (Lipinski definition) is 4. The van der Waals surface area contributed by atoms with Gasteiger partial charge in [-0.3, -0.25) is 13.9 Å². The van der Waals surface area contributed by atoms with Crippen LogP contribution in [0, 0.1) is 19.8 Å². The lowest BCUT2D eigenvalue weighted by Crippen LogP contribution is -2.51. The molecule has 40 heavy (non-hydrogen) atoms. The predicted molar refractivity (Wildman–Crippen MR) is 161 cm³/mol. The fourth-order valence-electron chi connectivity index (χ4n) is 4.04. The van der Waals surface area contributed by atoms with Gasteiger partial charge in [-0.25, -0.2) is 8.42 Å². The minimum Gasteiger partial charge on any atom is -0.354 e. The second-order valence-electron chi connectivity index (χ2n) is 10.2. The third kappa shape index (κ3) is 7.77. The van der Waals surface area contributed by atoms with Gasteiger partial charge in [-0.05, 0) is 74.2 Å². The summed E-state index contributed by atoms with van der Waals surface area (Å²) in [5.74, 6) is -0.655. The molecule has 0 fully saturated rings. The summed E-state index contributed by atoms with van der Waals surface area (Å²) in [7, 11) is -4.18. The van der Waals surface area contributed by atoms with Crippen LogP contribution in [-0.4, -0.2) is 44.3 Å². The minimum atomic E-state index is -4.18. The van der Waals surface area contributed by atoms with Gasteiger partial charge in [-0.15, -0.1) is 0 Å². The first kappa shape index (κ1) is 31.5. The highest BCUT2D eigenvalue weighted by molar-refractivity contribution is 7.92. The number of carbonyl (C=O) groups excluding carboxylic acids is 2. The van der Waals surface area contributed by atoms with Crippen molar-refractivity contribution in [3.8, 4) is 0 Å². The van der Waals surface area contributed by atoms with Gasteiger partial charge in [0.25, 0.3) is 10.0 Å². The van der Waals surface area contributed by atoms with E-state index < -0.39 is 28.5 Å². The van der Waals surface area contributed by atoms with Crippen LogP contribution in [0.1, 0.15) is 37.5 Å².